The molecule has 0 aliphatic heterocycles. The molecule has 0 amide bonds. The first-order valence-electron chi connectivity index (χ1n) is 6.91. The molecule has 0 bridgehead atoms. The molecule has 0 aliphatic rings. The van der Waals surface area contributed by atoms with Crippen molar-refractivity contribution in [3.05, 3.63) is 59.5 Å². The van der Waals surface area contributed by atoms with E-state index >= 15 is 0 Å². The van der Waals surface area contributed by atoms with Crippen LogP contribution in [0.4, 0.5) is 4.39 Å². The lowest BCUT2D eigenvalue weighted by molar-refractivity contribution is 0.411. The van der Waals surface area contributed by atoms with E-state index in [1.54, 1.807) is 31.4 Å². The number of hydrogen-bond donors (Lipinski definition) is 0. The van der Waals surface area contributed by atoms with Gasteiger partial charge in [0.1, 0.15) is 29.0 Å². The van der Waals surface area contributed by atoms with Crippen molar-refractivity contribution in [1.29, 1.82) is 5.26 Å². The van der Waals surface area contributed by atoms with Crippen molar-refractivity contribution in [2.75, 3.05) is 7.11 Å². The van der Waals surface area contributed by atoms with E-state index in [9.17, 15) is 9.65 Å². The molecule has 0 fully saturated rings. The second-order valence-corrected chi connectivity index (χ2v) is 4.97. The Labute approximate surface area is 132 Å². The summed E-state index contributed by atoms with van der Waals surface area (Å²) in [6.45, 7) is 1.92. The zero-order valence-corrected chi connectivity index (χ0v) is 12.6. The van der Waals surface area contributed by atoms with E-state index < -0.39 is 5.82 Å². The fourth-order valence-electron chi connectivity index (χ4n) is 2.39. The summed E-state index contributed by atoms with van der Waals surface area (Å²) in [5, 5.41) is 17.2. The van der Waals surface area contributed by atoms with Crippen molar-refractivity contribution in [1.82, 2.24) is 15.0 Å². The summed E-state index contributed by atoms with van der Waals surface area (Å²) in [4.78, 5) is 0. The molecule has 23 heavy (non-hydrogen) atoms. The van der Waals surface area contributed by atoms with E-state index in [1.807, 2.05) is 25.1 Å². The van der Waals surface area contributed by atoms with Gasteiger partial charge in [0.15, 0.2) is 5.69 Å². The molecule has 0 spiro atoms. The van der Waals surface area contributed by atoms with Crippen LogP contribution in [0.1, 0.15) is 11.3 Å². The topological polar surface area (TPSA) is 63.7 Å². The van der Waals surface area contributed by atoms with Crippen LogP contribution in [0.5, 0.6) is 5.75 Å². The van der Waals surface area contributed by atoms with Gasteiger partial charge >= 0.3 is 0 Å². The normalized spacial score (nSPS) is 10.3. The van der Waals surface area contributed by atoms with Crippen molar-refractivity contribution in [2.45, 2.75) is 6.92 Å². The molecule has 5 nitrogen and oxygen atoms in total. The van der Waals surface area contributed by atoms with Crippen LogP contribution in [-0.4, -0.2) is 22.1 Å². The highest BCUT2D eigenvalue weighted by atomic mass is 19.1. The van der Waals surface area contributed by atoms with Gasteiger partial charge in [-0.3, -0.25) is 0 Å². The molecule has 0 radical (unpaired) electrons. The fourth-order valence-corrected chi connectivity index (χ4v) is 2.39. The molecule has 0 saturated heterocycles. The van der Waals surface area contributed by atoms with E-state index in [4.69, 9.17) is 4.74 Å². The number of halogens is 1. The summed E-state index contributed by atoms with van der Waals surface area (Å²) >= 11 is 0. The molecule has 2 aromatic carbocycles. The van der Waals surface area contributed by atoms with E-state index in [0.29, 0.717) is 17.1 Å². The van der Waals surface area contributed by atoms with Gasteiger partial charge in [0.25, 0.3) is 0 Å². The Morgan fingerprint density at radius 3 is 2.70 bits per heavy atom. The largest absolute Gasteiger partial charge is 0.494 e. The molecule has 3 rings (SSSR count). The van der Waals surface area contributed by atoms with Crippen LogP contribution < -0.4 is 4.74 Å². The summed E-state index contributed by atoms with van der Waals surface area (Å²) in [6.07, 6.45) is 0. The number of methoxy groups -OCH3 is 1. The predicted octanol–water partition coefficient (Wildman–Crippen LogP) is 3.26. The van der Waals surface area contributed by atoms with Crippen LogP contribution in [0, 0.1) is 24.1 Å². The Bertz CT molecular complexity index is 911. The third-order valence-corrected chi connectivity index (χ3v) is 3.47. The minimum atomic E-state index is -0.445. The van der Waals surface area contributed by atoms with Gasteiger partial charge in [-0.15, -0.1) is 5.10 Å². The molecule has 0 unspecified atom stereocenters. The number of nitriles is 1. The lowest BCUT2D eigenvalue weighted by Gasteiger charge is -2.12. The third-order valence-electron chi connectivity index (χ3n) is 3.47. The van der Waals surface area contributed by atoms with E-state index in [2.05, 4.69) is 10.3 Å². The predicted molar refractivity (Wildman–Crippen MR) is 82.8 cm³/mol. The van der Waals surface area contributed by atoms with Crippen molar-refractivity contribution >= 4 is 0 Å². The summed E-state index contributed by atoms with van der Waals surface area (Å²) in [7, 11) is 1.54. The van der Waals surface area contributed by atoms with Gasteiger partial charge in [0, 0.05) is 5.56 Å². The maximum absolute atomic E-state index is 14.2. The van der Waals surface area contributed by atoms with Crippen molar-refractivity contribution < 1.29 is 9.13 Å². The Morgan fingerprint density at radius 1 is 1.22 bits per heavy atom. The maximum Gasteiger partial charge on any atom is 0.191 e. The highest BCUT2D eigenvalue weighted by Gasteiger charge is 2.21. The summed E-state index contributed by atoms with van der Waals surface area (Å²) < 4.78 is 21.0. The average Bonchev–Trinajstić information content (AvgIpc) is 2.99. The summed E-state index contributed by atoms with van der Waals surface area (Å²) in [5.74, 6) is 0.113. The lowest BCUT2D eigenvalue weighted by atomic mass is 10.1. The standard InChI is InChI=1S/C17H13FN4O/c1-11-7-8-16(23-2)15(9-11)22-17(14(10-19)20-21-22)12-5-3-4-6-13(12)18/h3-9H,1-2H3. The number of hydrogen-bond acceptors (Lipinski definition) is 4. The number of nitrogens with zero attached hydrogens (tertiary/aromatic N) is 4. The van der Waals surface area contributed by atoms with Crippen LogP contribution in [0.2, 0.25) is 0 Å². The van der Waals surface area contributed by atoms with Crippen LogP contribution in [-0.2, 0) is 0 Å². The second kappa shape index (κ2) is 5.89. The number of benzene rings is 2. The molecule has 6 heteroatoms. The average molecular weight is 308 g/mol. The van der Waals surface area contributed by atoms with Gasteiger partial charge in [-0.25, -0.2) is 9.07 Å². The van der Waals surface area contributed by atoms with Gasteiger partial charge < -0.3 is 4.74 Å². The Morgan fingerprint density at radius 2 is 2.00 bits per heavy atom. The maximum atomic E-state index is 14.2. The van der Waals surface area contributed by atoms with Crippen LogP contribution >= 0.6 is 0 Å². The Balaban J connectivity index is 2.32. The molecule has 114 valence electrons. The van der Waals surface area contributed by atoms with Crippen molar-refractivity contribution in [3.63, 3.8) is 0 Å². The molecule has 1 aromatic heterocycles. The van der Waals surface area contributed by atoms with Crippen LogP contribution in [0.3, 0.4) is 0 Å². The molecular formula is C17H13FN4O. The number of aromatic nitrogens is 3. The van der Waals surface area contributed by atoms with Gasteiger partial charge in [-0.05, 0) is 36.8 Å². The van der Waals surface area contributed by atoms with Crippen molar-refractivity contribution in [3.8, 4) is 28.8 Å². The highest BCUT2D eigenvalue weighted by molar-refractivity contribution is 5.68. The minimum Gasteiger partial charge on any atom is -0.494 e. The summed E-state index contributed by atoms with van der Waals surface area (Å²) in [6, 6.07) is 13.7. The zero-order valence-electron chi connectivity index (χ0n) is 12.6. The fraction of sp³-hybridized carbons (Fsp3) is 0.118. The Kier molecular flexibility index (Phi) is 3.77. The number of rotatable bonds is 3. The Hall–Kier alpha value is -3.20. The first-order chi connectivity index (χ1) is 11.2. The van der Waals surface area contributed by atoms with E-state index in [0.717, 1.165) is 5.56 Å². The second-order valence-electron chi connectivity index (χ2n) is 4.97. The lowest BCUT2D eigenvalue weighted by Crippen LogP contribution is -2.04. The highest BCUT2D eigenvalue weighted by Crippen LogP contribution is 2.31. The number of aryl methyl sites for hydroxylation is 1. The quantitative estimate of drug-likeness (QED) is 0.745. The molecule has 0 N–H and O–H groups in total. The summed E-state index contributed by atoms with van der Waals surface area (Å²) in [5.41, 5.74) is 2.19. The van der Waals surface area contributed by atoms with E-state index in [-0.39, 0.29) is 11.3 Å². The smallest absolute Gasteiger partial charge is 0.191 e. The number of ether oxygens (including phenoxy) is 1. The molecule has 0 atom stereocenters. The molecule has 1 heterocycles. The van der Waals surface area contributed by atoms with Crippen LogP contribution in [0.15, 0.2) is 42.5 Å². The molecule has 0 aliphatic carbocycles. The van der Waals surface area contributed by atoms with Gasteiger partial charge in [-0.1, -0.05) is 23.4 Å². The molecule has 3 aromatic rings. The van der Waals surface area contributed by atoms with Crippen molar-refractivity contribution in [2.24, 2.45) is 0 Å². The zero-order chi connectivity index (χ0) is 16.4. The van der Waals surface area contributed by atoms with Gasteiger partial charge in [0.05, 0.1) is 7.11 Å². The molecular weight excluding hydrogens is 295 g/mol. The monoisotopic (exact) mass is 308 g/mol. The first-order valence-corrected chi connectivity index (χ1v) is 6.91. The van der Waals surface area contributed by atoms with Gasteiger partial charge in [-0.2, -0.15) is 5.26 Å². The first kappa shape index (κ1) is 14.7. The third kappa shape index (κ3) is 2.53. The molecule has 0 saturated carbocycles. The van der Waals surface area contributed by atoms with Gasteiger partial charge in [0.2, 0.25) is 0 Å². The van der Waals surface area contributed by atoms with E-state index in [1.165, 1.54) is 10.7 Å². The van der Waals surface area contributed by atoms with Crippen LogP contribution in [0.25, 0.3) is 16.9 Å². The SMILES string of the molecule is COc1ccc(C)cc1-n1nnc(C#N)c1-c1ccccc1F. The minimum absolute atomic E-state index is 0.0543.